The van der Waals surface area contributed by atoms with Gasteiger partial charge in [0.1, 0.15) is 24.1 Å². The number of ether oxygens (including phenoxy) is 11. The first-order chi connectivity index (χ1) is 22.4. The van der Waals surface area contributed by atoms with E-state index in [9.17, 15) is 14.4 Å². The van der Waals surface area contributed by atoms with Crippen molar-refractivity contribution in [3.63, 3.8) is 0 Å². The van der Waals surface area contributed by atoms with Crippen LogP contribution in [0.5, 0.6) is 0 Å². The van der Waals surface area contributed by atoms with Gasteiger partial charge in [-0.05, 0) is 41.5 Å². The lowest BCUT2D eigenvalue weighted by molar-refractivity contribution is -0.156. The molecular weight excluding hydrogens is 622 g/mol. The van der Waals surface area contributed by atoms with E-state index in [1.165, 1.54) is 4.90 Å². The predicted octanol–water partition coefficient (Wildman–Crippen LogP) is 2.30. The minimum Gasteiger partial charge on any atom is -0.460 e. The predicted molar refractivity (Wildman–Crippen MR) is 172 cm³/mol. The van der Waals surface area contributed by atoms with Crippen LogP contribution in [0.1, 0.15) is 48.0 Å². The number of rotatable bonds is 32. The summed E-state index contributed by atoms with van der Waals surface area (Å²) < 4.78 is 59.4. The third-order valence-corrected chi connectivity index (χ3v) is 5.32. The molecular formula is C32H61NO14. The van der Waals surface area contributed by atoms with Crippen LogP contribution in [0.25, 0.3) is 0 Å². The molecule has 0 atom stereocenters. The van der Waals surface area contributed by atoms with E-state index < -0.39 is 17.3 Å². The van der Waals surface area contributed by atoms with Crippen LogP contribution in [0.2, 0.25) is 0 Å². The molecule has 0 bridgehead atoms. The summed E-state index contributed by atoms with van der Waals surface area (Å²) in [6, 6.07) is 0. The third-order valence-electron chi connectivity index (χ3n) is 5.32. The molecule has 0 aromatic rings. The zero-order valence-electron chi connectivity index (χ0n) is 29.6. The van der Waals surface area contributed by atoms with Crippen LogP contribution in [0.15, 0.2) is 0 Å². The van der Waals surface area contributed by atoms with Crippen LogP contribution in [0.3, 0.4) is 0 Å². The van der Waals surface area contributed by atoms with Gasteiger partial charge in [-0.2, -0.15) is 0 Å². The molecule has 15 heteroatoms. The molecule has 0 heterocycles. The fourth-order valence-corrected chi connectivity index (χ4v) is 3.29. The van der Waals surface area contributed by atoms with E-state index in [2.05, 4.69) is 0 Å². The molecule has 0 aromatic carbocycles. The van der Waals surface area contributed by atoms with E-state index >= 15 is 0 Å². The Morgan fingerprint density at radius 1 is 0.468 bits per heavy atom. The van der Waals surface area contributed by atoms with E-state index in [0.29, 0.717) is 125 Å². The quantitative estimate of drug-likeness (QED) is 0.0578. The zero-order chi connectivity index (χ0) is 35.1. The van der Waals surface area contributed by atoms with E-state index in [-0.39, 0.29) is 25.6 Å². The van der Waals surface area contributed by atoms with Gasteiger partial charge in [0.25, 0.3) is 0 Å². The molecule has 0 spiro atoms. The molecule has 0 fully saturated rings. The Bertz CT molecular complexity index is 757. The fraction of sp³-hybridized carbons (Fsp3) is 0.906. The molecule has 0 aliphatic rings. The van der Waals surface area contributed by atoms with Gasteiger partial charge in [-0.3, -0.25) is 4.79 Å². The van der Waals surface area contributed by atoms with Crippen molar-refractivity contribution >= 4 is 18.3 Å². The number of hydrogen-bond acceptors (Lipinski definition) is 14. The highest BCUT2D eigenvalue weighted by molar-refractivity contribution is 5.70. The van der Waals surface area contributed by atoms with Crippen molar-refractivity contribution < 1.29 is 66.5 Å². The summed E-state index contributed by atoms with van der Waals surface area (Å²) in [4.78, 5) is 35.8. The van der Waals surface area contributed by atoms with Crippen molar-refractivity contribution in [2.45, 2.75) is 59.2 Å². The van der Waals surface area contributed by atoms with Crippen LogP contribution < -0.4 is 0 Å². The Hall–Kier alpha value is -1.95. The number of esters is 1. The minimum absolute atomic E-state index is 0.0155. The Kier molecular flexibility index (Phi) is 28.9. The maximum atomic E-state index is 12.4. The van der Waals surface area contributed by atoms with Gasteiger partial charge in [0.2, 0.25) is 0 Å². The van der Waals surface area contributed by atoms with Crippen LogP contribution >= 0.6 is 0 Å². The number of carbonyl (C=O) groups excluding carboxylic acids is 3. The van der Waals surface area contributed by atoms with Gasteiger partial charge >= 0.3 is 12.1 Å². The van der Waals surface area contributed by atoms with Gasteiger partial charge in [-0.25, -0.2) is 4.79 Å². The topological polar surface area (TPSA) is 156 Å². The molecule has 278 valence electrons. The standard InChI is InChI=1S/C32H61NO14/c1-31(2,3)46-29(35)7-11-37-15-17-40-19-21-42-23-25-44-27-28-45-26-24-43-22-20-41-18-16-39-13-9-33(8-12-38-14-10-34)30(36)47-32(4,5)6/h10H,7-9,11-28H2,1-6H3. The Labute approximate surface area is 281 Å². The summed E-state index contributed by atoms with van der Waals surface area (Å²) in [7, 11) is 0. The van der Waals surface area contributed by atoms with Crippen LogP contribution in [-0.2, 0) is 61.7 Å². The average Bonchev–Trinajstić information content (AvgIpc) is 2.98. The maximum absolute atomic E-state index is 12.4. The summed E-state index contributed by atoms with van der Waals surface area (Å²) in [6.07, 6.45) is 0.427. The van der Waals surface area contributed by atoms with Crippen molar-refractivity contribution in [2.75, 3.05) is 132 Å². The van der Waals surface area contributed by atoms with Crippen molar-refractivity contribution in [3.8, 4) is 0 Å². The highest BCUT2D eigenvalue weighted by Crippen LogP contribution is 2.10. The maximum Gasteiger partial charge on any atom is 0.410 e. The van der Waals surface area contributed by atoms with Gasteiger partial charge in [0.15, 0.2) is 0 Å². The molecule has 0 saturated carbocycles. The molecule has 0 unspecified atom stereocenters. The van der Waals surface area contributed by atoms with Gasteiger partial charge < -0.3 is 61.8 Å². The summed E-state index contributed by atoms with van der Waals surface area (Å²) in [5.41, 5.74) is -1.10. The molecule has 0 saturated heterocycles. The zero-order valence-corrected chi connectivity index (χ0v) is 29.6. The van der Waals surface area contributed by atoms with Crippen LogP contribution in [-0.4, -0.2) is 166 Å². The molecule has 0 N–H and O–H groups in total. The third kappa shape index (κ3) is 35.2. The average molecular weight is 684 g/mol. The normalized spacial score (nSPS) is 11.9. The number of carbonyl (C=O) groups is 3. The lowest BCUT2D eigenvalue weighted by Crippen LogP contribution is -2.40. The molecule has 0 aromatic heterocycles. The van der Waals surface area contributed by atoms with Gasteiger partial charge in [0, 0.05) is 13.1 Å². The summed E-state index contributed by atoms with van der Waals surface area (Å²) in [6.45, 7) is 18.5. The minimum atomic E-state index is -0.614. The largest absolute Gasteiger partial charge is 0.460 e. The highest BCUT2D eigenvalue weighted by Gasteiger charge is 2.22. The lowest BCUT2D eigenvalue weighted by Gasteiger charge is -2.27. The molecule has 47 heavy (non-hydrogen) atoms. The molecule has 0 radical (unpaired) electrons. The van der Waals surface area contributed by atoms with E-state index in [0.717, 1.165) is 0 Å². The highest BCUT2D eigenvalue weighted by atomic mass is 16.6. The van der Waals surface area contributed by atoms with Crippen LogP contribution in [0, 0.1) is 0 Å². The number of aldehydes is 1. The molecule has 0 aliphatic heterocycles. The Morgan fingerprint density at radius 2 is 0.787 bits per heavy atom. The first-order valence-corrected chi connectivity index (χ1v) is 16.3. The number of amides is 1. The van der Waals surface area contributed by atoms with Crippen molar-refractivity contribution in [1.82, 2.24) is 4.90 Å². The lowest BCUT2D eigenvalue weighted by atomic mass is 10.2. The second-order valence-corrected chi connectivity index (χ2v) is 11.9. The second-order valence-electron chi connectivity index (χ2n) is 11.9. The second kappa shape index (κ2) is 30.1. The molecule has 15 nitrogen and oxygen atoms in total. The van der Waals surface area contributed by atoms with Crippen molar-refractivity contribution in [1.29, 1.82) is 0 Å². The van der Waals surface area contributed by atoms with Crippen molar-refractivity contribution in [3.05, 3.63) is 0 Å². The number of nitrogens with zero attached hydrogens (tertiary/aromatic N) is 1. The number of hydrogen-bond donors (Lipinski definition) is 0. The first kappa shape index (κ1) is 45.0. The first-order valence-electron chi connectivity index (χ1n) is 16.3. The SMILES string of the molecule is CC(C)(C)OC(=O)CCOCCOCCOCCOCCOCCOCCOCCOCCN(CCOCC=O)C(=O)OC(C)(C)C. The molecule has 0 aliphatic carbocycles. The van der Waals surface area contributed by atoms with E-state index in [4.69, 9.17) is 52.1 Å². The summed E-state index contributed by atoms with van der Waals surface area (Å²) in [5.74, 6) is -0.273. The Balaban J connectivity index is 3.43. The monoisotopic (exact) mass is 683 g/mol. The molecule has 1 amide bonds. The van der Waals surface area contributed by atoms with Gasteiger partial charge in [0.05, 0.1) is 119 Å². The van der Waals surface area contributed by atoms with Crippen LogP contribution in [0.4, 0.5) is 4.79 Å². The summed E-state index contributed by atoms with van der Waals surface area (Å²) >= 11 is 0. The Morgan fingerprint density at radius 3 is 1.13 bits per heavy atom. The van der Waals surface area contributed by atoms with Crippen molar-refractivity contribution in [2.24, 2.45) is 0 Å². The smallest absolute Gasteiger partial charge is 0.410 e. The van der Waals surface area contributed by atoms with Gasteiger partial charge in [-0.1, -0.05) is 0 Å². The summed E-state index contributed by atoms with van der Waals surface area (Å²) in [5, 5.41) is 0. The fourth-order valence-electron chi connectivity index (χ4n) is 3.29. The van der Waals surface area contributed by atoms with Gasteiger partial charge in [-0.15, -0.1) is 0 Å². The molecule has 0 rings (SSSR count). The van der Waals surface area contributed by atoms with E-state index in [1.54, 1.807) is 20.8 Å². The van der Waals surface area contributed by atoms with E-state index in [1.807, 2.05) is 20.8 Å².